The monoisotopic (exact) mass is 394 g/mol. The van der Waals surface area contributed by atoms with Crippen LogP contribution in [0.3, 0.4) is 0 Å². The summed E-state index contributed by atoms with van der Waals surface area (Å²) in [6, 6.07) is 15.5. The molecule has 0 amide bonds. The van der Waals surface area contributed by atoms with Gasteiger partial charge in [-0.15, -0.1) is 10.2 Å². The quantitative estimate of drug-likeness (QED) is 0.434. The summed E-state index contributed by atoms with van der Waals surface area (Å²) in [6.07, 6.45) is 3.67. The summed E-state index contributed by atoms with van der Waals surface area (Å²) in [7, 11) is 3.20. The molecule has 0 unspecified atom stereocenters. The van der Waals surface area contributed by atoms with Crippen LogP contribution in [0.15, 0.2) is 70.6 Å². The van der Waals surface area contributed by atoms with Gasteiger partial charge in [0.05, 0.1) is 19.9 Å². The number of thioether (sulfide) groups is 1. The van der Waals surface area contributed by atoms with Gasteiger partial charge in [-0.25, -0.2) is 4.68 Å². The highest BCUT2D eigenvalue weighted by molar-refractivity contribution is 7.98. The fourth-order valence-corrected chi connectivity index (χ4v) is 3.35. The van der Waals surface area contributed by atoms with Gasteiger partial charge >= 0.3 is 0 Å². The molecule has 0 saturated heterocycles. The van der Waals surface area contributed by atoms with E-state index in [1.54, 1.807) is 26.5 Å². The van der Waals surface area contributed by atoms with Crippen molar-refractivity contribution in [3.05, 3.63) is 66.5 Å². The summed E-state index contributed by atoms with van der Waals surface area (Å²) in [5.41, 5.74) is 2.92. The minimum atomic E-state index is 0.425. The minimum absolute atomic E-state index is 0.425. The Balaban J connectivity index is 1.44. The van der Waals surface area contributed by atoms with E-state index in [2.05, 4.69) is 27.4 Å². The Morgan fingerprint density at radius 1 is 1.00 bits per heavy atom. The van der Waals surface area contributed by atoms with Crippen LogP contribution in [-0.4, -0.2) is 34.2 Å². The standard InChI is InChI=1S/C20H18N4O3S/c1-25-17-10-15(11-18(12-17)26-2)19-22-23-20(27-19)28-13-14-4-6-16(7-5-14)24-9-3-8-21-24/h3-12H,13H2,1-2H3. The number of ether oxygens (including phenoxy) is 2. The summed E-state index contributed by atoms with van der Waals surface area (Å²) < 4.78 is 18.2. The molecule has 0 aliphatic heterocycles. The van der Waals surface area contributed by atoms with Crippen LogP contribution in [-0.2, 0) is 5.75 Å². The van der Waals surface area contributed by atoms with Crippen molar-refractivity contribution in [3.8, 4) is 28.6 Å². The van der Waals surface area contributed by atoms with E-state index in [1.807, 2.05) is 41.2 Å². The van der Waals surface area contributed by atoms with Gasteiger partial charge in [0.25, 0.3) is 5.22 Å². The van der Waals surface area contributed by atoms with Gasteiger partial charge in [-0.1, -0.05) is 23.9 Å². The van der Waals surface area contributed by atoms with Crippen LogP contribution in [0.5, 0.6) is 11.5 Å². The molecule has 142 valence electrons. The van der Waals surface area contributed by atoms with Crippen molar-refractivity contribution in [2.24, 2.45) is 0 Å². The molecule has 0 N–H and O–H groups in total. The van der Waals surface area contributed by atoms with Crippen molar-refractivity contribution in [2.45, 2.75) is 11.0 Å². The zero-order valence-corrected chi connectivity index (χ0v) is 16.2. The topological polar surface area (TPSA) is 75.2 Å². The lowest BCUT2D eigenvalue weighted by Crippen LogP contribution is -1.93. The molecule has 2 aromatic heterocycles. The highest BCUT2D eigenvalue weighted by Crippen LogP contribution is 2.31. The molecule has 0 radical (unpaired) electrons. The Kier molecular flexibility index (Phi) is 5.29. The Morgan fingerprint density at radius 2 is 1.75 bits per heavy atom. The lowest BCUT2D eigenvalue weighted by molar-refractivity contribution is 0.394. The van der Waals surface area contributed by atoms with Crippen LogP contribution < -0.4 is 9.47 Å². The van der Waals surface area contributed by atoms with Gasteiger partial charge in [-0.05, 0) is 35.9 Å². The van der Waals surface area contributed by atoms with E-state index in [1.165, 1.54) is 11.8 Å². The van der Waals surface area contributed by atoms with Crippen molar-refractivity contribution < 1.29 is 13.9 Å². The molecular weight excluding hydrogens is 376 g/mol. The van der Waals surface area contributed by atoms with Crippen LogP contribution in [0.1, 0.15) is 5.56 Å². The number of methoxy groups -OCH3 is 2. The van der Waals surface area contributed by atoms with E-state index in [-0.39, 0.29) is 0 Å². The molecule has 4 rings (SSSR count). The van der Waals surface area contributed by atoms with Gasteiger partial charge in [-0.3, -0.25) is 0 Å². The van der Waals surface area contributed by atoms with Crippen molar-refractivity contribution >= 4 is 11.8 Å². The lowest BCUT2D eigenvalue weighted by atomic mass is 10.2. The normalized spacial score (nSPS) is 10.8. The minimum Gasteiger partial charge on any atom is -0.497 e. The molecule has 0 atom stereocenters. The van der Waals surface area contributed by atoms with E-state index in [9.17, 15) is 0 Å². The first-order valence-electron chi connectivity index (χ1n) is 8.54. The summed E-state index contributed by atoms with van der Waals surface area (Å²) in [5, 5.41) is 13.0. The predicted molar refractivity (Wildman–Crippen MR) is 106 cm³/mol. The Bertz CT molecular complexity index is 1020. The first kappa shape index (κ1) is 18.1. The number of hydrogen-bond donors (Lipinski definition) is 0. The van der Waals surface area contributed by atoms with Crippen molar-refractivity contribution in [1.82, 2.24) is 20.0 Å². The molecule has 8 heteroatoms. The van der Waals surface area contributed by atoms with Gasteiger partial charge in [0, 0.05) is 29.8 Å². The van der Waals surface area contributed by atoms with Crippen LogP contribution in [0.4, 0.5) is 0 Å². The molecule has 0 bridgehead atoms. The SMILES string of the molecule is COc1cc(OC)cc(-c2nnc(SCc3ccc(-n4cccn4)cc3)o2)c1. The Labute approximate surface area is 166 Å². The molecule has 7 nitrogen and oxygen atoms in total. The second-order valence-electron chi connectivity index (χ2n) is 5.88. The second-order valence-corrected chi connectivity index (χ2v) is 6.81. The molecule has 0 fully saturated rings. The zero-order valence-electron chi connectivity index (χ0n) is 15.4. The van der Waals surface area contributed by atoms with Gasteiger partial charge in [0.15, 0.2) is 0 Å². The molecule has 28 heavy (non-hydrogen) atoms. The highest BCUT2D eigenvalue weighted by atomic mass is 32.2. The largest absolute Gasteiger partial charge is 0.497 e. The smallest absolute Gasteiger partial charge is 0.277 e. The average Bonchev–Trinajstić information content (AvgIpc) is 3.44. The maximum atomic E-state index is 5.79. The van der Waals surface area contributed by atoms with Gasteiger partial charge in [0.2, 0.25) is 5.89 Å². The van der Waals surface area contributed by atoms with Gasteiger partial charge in [-0.2, -0.15) is 5.10 Å². The van der Waals surface area contributed by atoms with E-state index in [0.717, 1.165) is 22.6 Å². The fraction of sp³-hybridized carbons (Fsp3) is 0.150. The van der Waals surface area contributed by atoms with Gasteiger partial charge in [0.1, 0.15) is 11.5 Å². The van der Waals surface area contributed by atoms with Gasteiger partial charge < -0.3 is 13.9 Å². The van der Waals surface area contributed by atoms with E-state index < -0.39 is 0 Å². The first-order valence-corrected chi connectivity index (χ1v) is 9.52. The van der Waals surface area contributed by atoms with E-state index in [0.29, 0.717) is 22.6 Å². The maximum absolute atomic E-state index is 5.79. The van der Waals surface area contributed by atoms with E-state index >= 15 is 0 Å². The number of benzene rings is 2. The van der Waals surface area contributed by atoms with Crippen molar-refractivity contribution in [1.29, 1.82) is 0 Å². The van der Waals surface area contributed by atoms with Crippen molar-refractivity contribution in [2.75, 3.05) is 14.2 Å². The number of aromatic nitrogens is 4. The predicted octanol–water partition coefficient (Wildman–Crippen LogP) is 4.23. The highest BCUT2D eigenvalue weighted by Gasteiger charge is 2.12. The molecule has 2 aromatic carbocycles. The van der Waals surface area contributed by atoms with Crippen LogP contribution in [0.25, 0.3) is 17.1 Å². The molecule has 2 heterocycles. The molecule has 0 spiro atoms. The van der Waals surface area contributed by atoms with Crippen molar-refractivity contribution in [3.63, 3.8) is 0 Å². The Hall–Kier alpha value is -3.26. The number of nitrogens with zero attached hydrogens (tertiary/aromatic N) is 4. The van der Waals surface area contributed by atoms with Crippen LogP contribution >= 0.6 is 11.8 Å². The number of hydrogen-bond acceptors (Lipinski definition) is 7. The summed E-state index contributed by atoms with van der Waals surface area (Å²) >= 11 is 1.49. The number of rotatable bonds is 7. The third-order valence-corrected chi connectivity index (χ3v) is 4.96. The summed E-state index contributed by atoms with van der Waals surface area (Å²) in [4.78, 5) is 0. The third-order valence-electron chi connectivity index (χ3n) is 4.07. The molecule has 0 aliphatic rings. The summed E-state index contributed by atoms with van der Waals surface area (Å²) in [5.74, 6) is 2.48. The summed E-state index contributed by atoms with van der Waals surface area (Å²) in [6.45, 7) is 0. The van der Waals surface area contributed by atoms with Crippen LogP contribution in [0, 0.1) is 0 Å². The zero-order chi connectivity index (χ0) is 19.3. The van der Waals surface area contributed by atoms with Crippen LogP contribution in [0.2, 0.25) is 0 Å². The first-order chi connectivity index (χ1) is 13.7. The second kappa shape index (κ2) is 8.18. The lowest BCUT2D eigenvalue weighted by Gasteiger charge is -2.05. The molecule has 4 aromatic rings. The van der Waals surface area contributed by atoms with E-state index in [4.69, 9.17) is 13.9 Å². The Morgan fingerprint density at radius 3 is 2.39 bits per heavy atom. The molecular formula is C20H18N4O3S. The molecule has 0 saturated carbocycles. The molecule has 0 aliphatic carbocycles. The fourth-order valence-electron chi connectivity index (χ4n) is 2.63. The third kappa shape index (κ3) is 4.01. The average molecular weight is 394 g/mol. The maximum Gasteiger partial charge on any atom is 0.277 e.